The Morgan fingerprint density at radius 1 is 1.17 bits per heavy atom. The summed E-state index contributed by atoms with van der Waals surface area (Å²) in [6.45, 7) is 1.87. The van der Waals surface area contributed by atoms with Crippen molar-refractivity contribution in [3.8, 4) is 0 Å². The summed E-state index contributed by atoms with van der Waals surface area (Å²) in [5.41, 5.74) is 6.73. The lowest BCUT2D eigenvalue weighted by atomic mass is 9.61. The number of anilines is 3. The number of hydrogen-bond acceptors (Lipinski definition) is 9. The van der Waals surface area contributed by atoms with Crippen LogP contribution in [0.4, 0.5) is 26.1 Å². The van der Waals surface area contributed by atoms with E-state index in [1.165, 1.54) is 17.8 Å². The van der Waals surface area contributed by atoms with E-state index in [1.54, 1.807) is 6.07 Å². The minimum absolute atomic E-state index is 0.00886. The quantitative estimate of drug-likeness (QED) is 0.224. The number of nitrogens with one attached hydrogen (secondary N) is 2. The van der Waals surface area contributed by atoms with Crippen molar-refractivity contribution in [2.45, 2.75) is 68.0 Å². The van der Waals surface area contributed by atoms with E-state index in [-0.39, 0.29) is 30.2 Å². The van der Waals surface area contributed by atoms with E-state index < -0.39 is 35.3 Å². The highest BCUT2D eigenvalue weighted by atomic mass is 32.2. The van der Waals surface area contributed by atoms with Gasteiger partial charge in [-0.1, -0.05) is 24.8 Å². The van der Waals surface area contributed by atoms with Gasteiger partial charge in [-0.25, -0.2) is 18.7 Å². The third-order valence-electron chi connectivity index (χ3n) is 7.82. The molecule has 190 valence electrons. The normalized spacial score (nSPS) is 33.2. The predicted octanol–water partition coefficient (Wildman–Crippen LogP) is 2.71. The Labute approximate surface area is 206 Å². The van der Waals surface area contributed by atoms with Crippen molar-refractivity contribution in [3.63, 3.8) is 0 Å². The van der Waals surface area contributed by atoms with Crippen molar-refractivity contribution in [2.24, 2.45) is 11.3 Å². The maximum Gasteiger partial charge on any atom is 0.191 e. The van der Waals surface area contributed by atoms with Gasteiger partial charge in [0.15, 0.2) is 28.4 Å². The minimum atomic E-state index is -1.06. The summed E-state index contributed by atoms with van der Waals surface area (Å²) in [5, 5.41) is 38.3. The molecule has 1 heterocycles. The third kappa shape index (κ3) is 4.22. The average Bonchev–Trinajstić information content (AvgIpc) is 3.57. The zero-order valence-corrected chi connectivity index (χ0v) is 20.2. The van der Waals surface area contributed by atoms with Crippen molar-refractivity contribution < 1.29 is 24.1 Å². The molecule has 11 heteroatoms. The van der Waals surface area contributed by atoms with Crippen LogP contribution < -0.4 is 16.4 Å². The Kier molecular flexibility index (Phi) is 6.54. The summed E-state index contributed by atoms with van der Waals surface area (Å²) in [6, 6.07) is 3.40. The molecule has 5 rings (SSSR count). The maximum absolute atomic E-state index is 13.7. The van der Waals surface area contributed by atoms with Crippen molar-refractivity contribution in [2.75, 3.05) is 28.7 Å². The molecular weight excluding hydrogens is 476 g/mol. The van der Waals surface area contributed by atoms with Gasteiger partial charge in [0.05, 0.1) is 18.8 Å². The van der Waals surface area contributed by atoms with Gasteiger partial charge in [-0.15, -0.1) is 0 Å². The Morgan fingerprint density at radius 3 is 2.51 bits per heavy atom. The molecule has 2 aromatic rings. The molecule has 0 bridgehead atoms. The SMILES string of the molecule is CCCSc1nc(NC2CC2c2ccc(F)c(F)c2)c(N)c(NC2C(O)C(O)C3(CO)CCC23)n1. The van der Waals surface area contributed by atoms with E-state index >= 15 is 0 Å². The van der Waals surface area contributed by atoms with Gasteiger partial charge in [0.2, 0.25) is 0 Å². The number of rotatable bonds is 9. The average molecular weight is 508 g/mol. The van der Waals surface area contributed by atoms with Gasteiger partial charge in [0.25, 0.3) is 0 Å². The molecule has 1 aromatic heterocycles. The summed E-state index contributed by atoms with van der Waals surface area (Å²) < 4.78 is 27.0. The van der Waals surface area contributed by atoms with Gasteiger partial charge < -0.3 is 31.7 Å². The van der Waals surface area contributed by atoms with Gasteiger partial charge in [-0.05, 0) is 49.3 Å². The van der Waals surface area contributed by atoms with E-state index in [0.717, 1.165) is 31.1 Å². The molecule has 0 amide bonds. The van der Waals surface area contributed by atoms with Gasteiger partial charge in [0.1, 0.15) is 11.8 Å². The summed E-state index contributed by atoms with van der Waals surface area (Å²) >= 11 is 1.48. The smallest absolute Gasteiger partial charge is 0.191 e. The van der Waals surface area contributed by atoms with Crippen LogP contribution in [0.25, 0.3) is 0 Å². The molecule has 0 radical (unpaired) electrons. The van der Waals surface area contributed by atoms with Gasteiger partial charge in [-0.3, -0.25) is 0 Å². The van der Waals surface area contributed by atoms with Crippen molar-refractivity contribution in [1.29, 1.82) is 0 Å². The lowest BCUT2D eigenvalue weighted by molar-refractivity contribution is -0.0985. The maximum atomic E-state index is 13.7. The molecule has 7 atom stereocenters. The fourth-order valence-electron chi connectivity index (χ4n) is 5.56. The topological polar surface area (TPSA) is 137 Å². The van der Waals surface area contributed by atoms with Crippen LogP contribution in [0.1, 0.15) is 44.1 Å². The summed E-state index contributed by atoms with van der Waals surface area (Å²) in [5.74, 6) is -0.222. The van der Waals surface area contributed by atoms with E-state index in [9.17, 15) is 24.1 Å². The second-order valence-corrected chi connectivity index (χ2v) is 10.9. The zero-order valence-electron chi connectivity index (χ0n) is 19.4. The molecule has 7 N–H and O–H groups in total. The largest absolute Gasteiger partial charge is 0.396 e. The van der Waals surface area contributed by atoms with Crippen LogP contribution in [0.5, 0.6) is 0 Å². The summed E-state index contributed by atoms with van der Waals surface area (Å²) in [7, 11) is 0. The summed E-state index contributed by atoms with van der Waals surface area (Å²) in [6.07, 6.45) is 0.997. The van der Waals surface area contributed by atoms with E-state index in [0.29, 0.717) is 28.8 Å². The lowest BCUT2D eigenvalue weighted by Gasteiger charge is -2.46. The number of aromatic nitrogens is 2. The first-order chi connectivity index (χ1) is 16.8. The van der Waals surface area contributed by atoms with Crippen LogP contribution in [0.15, 0.2) is 23.4 Å². The highest BCUT2D eigenvalue weighted by Gasteiger charge is 2.64. The Bertz CT molecular complexity index is 1110. The number of benzene rings is 1. The number of nitrogen functional groups attached to an aromatic ring is 1. The first kappa shape index (κ1) is 24.5. The monoisotopic (exact) mass is 507 g/mol. The first-order valence-electron chi connectivity index (χ1n) is 12.0. The number of aliphatic hydroxyl groups excluding tert-OH is 3. The predicted molar refractivity (Wildman–Crippen MR) is 130 cm³/mol. The third-order valence-corrected chi connectivity index (χ3v) is 8.87. The molecule has 3 aliphatic carbocycles. The number of nitrogens with zero attached hydrogens (tertiary/aromatic N) is 2. The fourth-order valence-corrected chi connectivity index (χ4v) is 6.26. The van der Waals surface area contributed by atoms with Crippen molar-refractivity contribution in [1.82, 2.24) is 9.97 Å². The molecule has 1 aromatic carbocycles. The van der Waals surface area contributed by atoms with Crippen LogP contribution >= 0.6 is 11.8 Å². The fraction of sp³-hybridized carbons (Fsp3) is 0.583. The molecule has 8 nitrogen and oxygen atoms in total. The van der Waals surface area contributed by atoms with Crippen LogP contribution in [-0.4, -0.2) is 61.9 Å². The van der Waals surface area contributed by atoms with E-state index in [1.807, 2.05) is 0 Å². The number of fused-ring (bicyclic) bond motifs is 1. The molecule has 35 heavy (non-hydrogen) atoms. The van der Waals surface area contributed by atoms with Crippen LogP contribution in [-0.2, 0) is 0 Å². The molecule has 3 aliphatic rings. The van der Waals surface area contributed by atoms with Crippen LogP contribution in [0.3, 0.4) is 0 Å². The standard InChI is InChI=1S/C24H31F2N5O3S/c1-2-7-35-23-30-21(28-16-9-12(16)11-3-4-14(25)15(26)8-11)17(27)22(31-23)29-18-13-5-6-24(13,10-32)20(34)19(18)33/h3-4,8,12-13,16,18-20,32-34H,2,5-7,9-10,27H2,1H3,(H2,28,29,30,31). The second kappa shape index (κ2) is 9.34. The summed E-state index contributed by atoms with van der Waals surface area (Å²) in [4.78, 5) is 9.17. The van der Waals surface area contributed by atoms with Gasteiger partial charge >= 0.3 is 0 Å². The zero-order chi connectivity index (χ0) is 24.9. The molecule has 3 fully saturated rings. The second-order valence-electron chi connectivity index (χ2n) is 9.87. The number of nitrogens with two attached hydrogens (primary N) is 1. The van der Waals surface area contributed by atoms with E-state index in [4.69, 9.17) is 5.73 Å². The molecule has 3 saturated carbocycles. The molecule has 7 unspecified atom stereocenters. The first-order valence-corrected chi connectivity index (χ1v) is 13.0. The van der Waals surface area contributed by atoms with Crippen LogP contribution in [0.2, 0.25) is 0 Å². The Morgan fingerprint density at radius 2 is 1.91 bits per heavy atom. The Hall–Kier alpha value is -2.21. The number of aliphatic hydroxyl groups is 3. The number of thioether (sulfide) groups is 1. The number of hydrogen-bond donors (Lipinski definition) is 6. The van der Waals surface area contributed by atoms with Gasteiger partial charge in [-0.2, -0.15) is 0 Å². The molecule has 0 saturated heterocycles. The molecular formula is C24H31F2N5O3S. The number of halogens is 2. The minimum Gasteiger partial charge on any atom is -0.396 e. The highest BCUT2D eigenvalue weighted by molar-refractivity contribution is 7.99. The molecule has 0 aliphatic heterocycles. The van der Waals surface area contributed by atoms with Crippen LogP contribution in [0, 0.1) is 23.0 Å². The van der Waals surface area contributed by atoms with E-state index in [2.05, 4.69) is 27.5 Å². The van der Waals surface area contributed by atoms with Gasteiger partial charge in [0, 0.05) is 23.1 Å². The lowest BCUT2D eigenvalue weighted by Crippen LogP contribution is -2.49. The molecule has 0 spiro atoms. The Balaban J connectivity index is 1.38. The highest BCUT2D eigenvalue weighted by Crippen LogP contribution is 2.58. The van der Waals surface area contributed by atoms with Crippen molar-refractivity contribution in [3.05, 3.63) is 35.4 Å². The van der Waals surface area contributed by atoms with Crippen molar-refractivity contribution >= 4 is 29.1 Å².